The molecule has 8 heteroatoms. The number of hydrogen-bond donors (Lipinski definition) is 2. The molecule has 142 valence electrons. The largest absolute Gasteiger partial charge is 0.469 e. The van der Waals surface area contributed by atoms with Crippen molar-refractivity contribution in [1.82, 2.24) is 5.32 Å². The van der Waals surface area contributed by atoms with E-state index in [1.54, 1.807) is 54.8 Å². The lowest BCUT2D eigenvalue weighted by molar-refractivity contribution is 0.0953. The van der Waals surface area contributed by atoms with Gasteiger partial charge >= 0.3 is 0 Å². The fourth-order valence-electron chi connectivity index (χ4n) is 2.89. The molecule has 0 radical (unpaired) electrons. The van der Waals surface area contributed by atoms with E-state index in [4.69, 9.17) is 4.42 Å². The van der Waals surface area contributed by atoms with Gasteiger partial charge in [0.25, 0.3) is 15.9 Å². The number of amides is 1. The van der Waals surface area contributed by atoms with Gasteiger partial charge < -0.3 is 15.1 Å². The summed E-state index contributed by atoms with van der Waals surface area (Å²) in [5, 5.41) is 5.84. The maximum Gasteiger partial charge on any atom is 0.285 e. The third-order valence-corrected chi connectivity index (χ3v) is 5.61. The topological polar surface area (TPSA) is 101 Å². The molecule has 0 saturated carbocycles. The molecule has 1 aromatic heterocycles. The Morgan fingerprint density at radius 2 is 1.79 bits per heavy atom. The van der Waals surface area contributed by atoms with E-state index in [1.807, 2.05) is 6.07 Å². The smallest absolute Gasteiger partial charge is 0.285 e. The predicted molar refractivity (Wildman–Crippen MR) is 105 cm³/mol. The van der Waals surface area contributed by atoms with Crippen molar-refractivity contribution in [2.75, 3.05) is 11.9 Å². The van der Waals surface area contributed by atoms with Gasteiger partial charge in [-0.3, -0.25) is 4.79 Å². The standard InChI is InChI=1S/C20H17N3O4S/c24-20(21-12-11-16-4-3-13-27-16)14-7-9-15(10-8-14)22-19-17-5-1-2-6-18(17)28(25,26)23-19/h1-10,13H,11-12H2,(H,21,24)(H,22,23). The molecule has 0 aliphatic carbocycles. The number of anilines is 1. The summed E-state index contributed by atoms with van der Waals surface area (Å²) < 4.78 is 33.2. The summed E-state index contributed by atoms with van der Waals surface area (Å²) in [6.45, 7) is 0.470. The lowest BCUT2D eigenvalue weighted by Gasteiger charge is -2.08. The van der Waals surface area contributed by atoms with Crippen molar-refractivity contribution in [2.45, 2.75) is 11.3 Å². The number of rotatable bonds is 5. The van der Waals surface area contributed by atoms with E-state index < -0.39 is 10.0 Å². The first-order valence-corrected chi connectivity index (χ1v) is 10.1. The number of sulfonamides is 1. The molecule has 0 fully saturated rings. The van der Waals surface area contributed by atoms with Crippen LogP contribution in [0.15, 0.2) is 80.6 Å². The van der Waals surface area contributed by atoms with Gasteiger partial charge in [-0.05, 0) is 48.5 Å². The van der Waals surface area contributed by atoms with Crippen LogP contribution >= 0.6 is 0 Å². The summed E-state index contributed by atoms with van der Waals surface area (Å²) >= 11 is 0. The Morgan fingerprint density at radius 1 is 1.00 bits per heavy atom. The van der Waals surface area contributed by atoms with Crippen molar-refractivity contribution >= 4 is 27.5 Å². The fourth-order valence-corrected chi connectivity index (χ4v) is 4.07. The van der Waals surface area contributed by atoms with E-state index >= 15 is 0 Å². The second-order valence-electron chi connectivity index (χ2n) is 6.20. The molecule has 0 atom stereocenters. The monoisotopic (exact) mass is 395 g/mol. The summed E-state index contributed by atoms with van der Waals surface area (Å²) in [4.78, 5) is 12.4. The first-order chi connectivity index (χ1) is 13.5. The Morgan fingerprint density at radius 3 is 2.54 bits per heavy atom. The molecule has 3 aromatic rings. The number of carbonyl (C=O) groups excluding carboxylic acids is 1. The normalized spacial score (nSPS) is 14.2. The van der Waals surface area contributed by atoms with E-state index in [-0.39, 0.29) is 16.6 Å². The van der Waals surface area contributed by atoms with Gasteiger partial charge in [-0.25, -0.2) is 0 Å². The van der Waals surface area contributed by atoms with Crippen LogP contribution in [0.25, 0.3) is 0 Å². The predicted octanol–water partition coefficient (Wildman–Crippen LogP) is 2.81. The third-order valence-electron chi connectivity index (χ3n) is 4.28. The van der Waals surface area contributed by atoms with Gasteiger partial charge in [0.2, 0.25) is 0 Å². The van der Waals surface area contributed by atoms with Crippen LogP contribution in [0.4, 0.5) is 5.69 Å². The minimum absolute atomic E-state index is 0.185. The first kappa shape index (κ1) is 18.0. The summed E-state index contributed by atoms with van der Waals surface area (Å²) in [5.41, 5.74) is 1.67. The van der Waals surface area contributed by atoms with Crippen LogP contribution in [0.2, 0.25) is 0 Å². The van der Waals surface area contributed by atoms with Gasteiger partial charge in [0.15, 0.2) is 5.84 Å². The summed E-state index contributed by atoms with van der Waals surface area (Å²) in [6, 6.07) is 17.1. The molecule has 0 spiro atoms. The Kier molecular flexibility index (Phi) is 4.70. The number of benzene rings is 2. The van der Waals surface area contributed by atoms with Crippen LogP contribution in [0.1, 0.15) is 21.7 Å². The zero-order valence-electron chi connectivity index (χ0n) is 14.8. The molecule has 2 aromatic carbocycles. The Hall–Kier alpha value is -3.39. The first-order valence-electron chi connectivity index (χ1n) is 8.65. The van der Waals surface area contributed by atoms with Crippen LogP contribution < -0.4 is 10.6 Å². The molecule has 1 amide bonds. The third kappa shape index (κ3) is 3.67. The number of nitrogens with zero attached hydrogens (tertiary/aromatic N) is 1. The van der Waals surface area contributed by atoms with E-state index in [9.17, 15) is 13.2 Å². The minimum atomic E-state index is -3.67. The van der Waals surface area contributed by atoms with Crippen LogP contribution in [0.5, 0.6) is 0 Å². The zero-order valence-corrected chi connectivity index (χ0v) is 15.6. The molecule has 1 aliphatic rings. The minimum Gasteiger partial charge on any atom is -0.469 e. The highest BCUT2D eigenvalue weighted by atomic mass is 32.2. The van der Waals surface area contributed by atoms with Crippen molar-refractivity contribution in [3.8, 4) is 0 Å². The Balaban J connectivity index is 1.41. The molecule has 4 rings (SSSR count). The molecular formula is C20H17N3O4S. The fraction of sp³-hybridized carbons (Fsp3) is 0.100. The maximum absolute atomic E-state index is 12.2. The zero-order chi connectivity index (χ0) is 19.6. The summed E-state index contributed by atoms with van der Waals surface area (Å²) in [6.07, 6.45) is 2.22. The lowest BCUT2D eigenvalue weighted by Crippen LogP contribution is -2.25. The quantitative estimate of drug-likeness (QED) is 0.692. The van der Waals surface area contributed by atoms with Gasteiger partial charge in [-0.15, -0.1) is 4.40 Å². The molecule has 0 saturated heterocycles. The molecule has 7 nitrogen and oxygen atoms in total. The molecule has 28 heavy (non-hydrogen) atoms. The van der Waals surface area contributed by atoms with Crippen LogP contribution in [-0.2, 0) is 16.4 Å². The van der Waals surface area contributed by atoms with Gasteiger partial charge in [0, 0.05) is 29.8 Å². The van der Waals surface area contributed by atoms with Gasteiger partial charge in [-0.2, -0.15) is 8.42 Å². The Labute approximate surface area is 162 Å². The molecule has 2 N–H and O–H groups in total. The number of hydrogen-bond acceptors (Lipinski definition) is 5. The molecular weight excluding hydrogens is 378 g/mol. The average molecular weight is 395 g/mol. The highest BCUT2D eigenvalue weighted by molar-refractivity contribution is 7.90. The molecule has 1 aliphatic heterocycles. The lowest BCUT2D eigenvalue weighted by atomic mass is 10.1. The Bertz CT molecular complexity index is 1130. The summed E-state index contributed by atoms with van der Waals surface area (Å²) in [5.74, 6) is 0.892. The average Bonchev–Trinajstić information content (AvgIpc) is 3.29. The number of nitrogens with one attached hydrogen (secondary N) is 2. The van der Waals surface area contributed by atoms with E-state index in [0.717, 1.165) is 5.76 Å². The van der Waals surface area contributed by atoms with Crippen molar-refractivity contribution in [3.05, 3.63) is 83.8 Å². The number of fused-ring (bicyclic) bond motifs is 1. The van der Waals surface area contributed by atoms with E-state index in [1.165, 1.54) is 6.07 Å². The van der Waals surface area contributed by atoms with Crippen molar-refractivity contribution in [2.24, 2.45) is 4.40 Å². The van der Waals surface area contributed by atoms with Gasteiger partial charge in [0.1, 0.15) is 10.7 Å². The summed E-state index contributed by atoms with van der Waals surface area (Å²) in [7, 11) is -3.67. The molecule has 2 heterocycles. The van der Waals surface area contributed by atoms with Crippen LogP contribution in [-0.4, -0.2) is 26.7 Å². The van der Waals surface area contributed by atoms with Crippen LogP contribution in [0.3, 0.4) is 0 Å². The number of furan rings is 1. The highest BCUT2D eigenvalue weighted by Crippen LogP contribution is 2.26. The van der Waals surface area contributed by atoms with Crippen LogP contribution in [0, 0.1) is 0 Å². The highest BCUT2D eigenvalue weighted by Gasteiger charge is 2.28. The number of carbonyl (C=O) groups is 1. The maximum atomic E-state index is 12.2. The van der Waals surface area contributed by atoms with E-state index in [2.05, 4.69) is 15.0 Å². The molecule has 0 unspecified atom stereocenters. The van der Waals surface area contributed by atoms with Gasteiger partial charge in [0.05, 0.1) is 6.26 Å². The van der Waals surface area contributed by atoms with Crippen molar-refractivity contribution < 1.29 is 17.6 Å². The van der Waals surface area contributed by atoms with Crippen molar-refractivity contribution in [1.29, 1.82) is 0 Å². The number of amidine groups is 1. The SMILES string of the molecule is O=C(NCCc1ccco1)c1ccc(NC2=NS(=O)(=O)c3ccccc32)cc1. The second kappa shape index (κ2) is 7.32. The van der Waals surface area contributed by atoms with Crippen molar-refractivity contribution in [3.63, 3.8) is 0 Å². The molecule has 0 bridgehead atoms. The second-order valence-corrected chi connectivity index (χ2v) is 7.77. The van der Waals surface area contributed by atoms with Gasteiger partial charge in [-0.1, -0.05) is 12.1 Å². The van der Waals surface area contributed by atoms with E-state index in [0.29, 0.717) is 29.8 Å².